The predicted molar refractivity (Wildman–Crippen MR) is 84.3 cm³/mol. The maximum atomic E-state index is 12.2. The third-order valence-corrected chi connectivity index (χ3v) is 4.47. The number of carbonyl (C=O) groups excluding carboxylic acids is 1. The molecule has 1 aliphatic carbocycles. The first-order chi connectivity index (χ1) is 10.1. The lowest BCUT2D eigenvalue weighted by Gasteiger charge is -2.27. The van der Waals surface area contributed by atoms with Crippen LogP contribution in [-0.2, 0) is 0 Å². The summed E-state index contributed by atoms with van der Waals surface area (Å²) < 4.78 is 1.99. The van der Waals surface area contributed by atoms with Crippen LogP contribution in [-0.4, -0.2) is 28.2 Å². The zero-order valence-corrected chi connectivity index (χ0v) is 13.2. The molecule has 1 amide bonds. The van der Waals surface area contributed by atoms with Crippen molar-refractivity contribution in [3.8, 4) is 0 Å². The van der Waals surface area contributed by atoms with Crippen molar-refractivity contribution in [3.63, 3.8) is 0 Å². The van der Waals surface area contributed by atoms with Crippen LogP contribution in [0.2, 0.25) is 0 Å². The third kappa shape index (κ3) is 4.34. The average molecular weight is 292 g/mol. The van der Waals surface area contributed by atoms with Crippen molar-refractivity contribution >= 4 is 5.91 Å². The first kappa shape index (κ1) is 16.1. The zero-order chi connectivity index (χ0) is 15.2. The van der Waals surface area contributed by atoms with Gasteiger partial charge in [0.05, 0.1) is 6.10 Å². The molecule has 4 heteroatoms. The van der Waals surface area contributed by atoms with Gasteiger partial charge in [-0.2, -0.15) is 0 Å². The average Bonchev–Trinajstić information content (AvgIpc) is 2.95. The molecular weight excluding hydrogens is 264 g/mol. The molecule has 118 valence electrons. The van der Waals surface area contributed by atoms with Gasteiger partial charge in [0.15, 0.2) is 0 Å². The minimum Gasteiger partial charge on any atom is -0.393 e. The summed E-state index contributed by atoms with van der Waals surface area (Å²) in [6, 6.07) is 4.06. The van der Waals surface area contributed by atoms with Crippen LogP contribution >= 0.6 is 0 Å². The van der Waals surface area contributed by atoms with Gasteiger partial charge in [-0.1, -0.05) is 12.8 Å². The van der Waals surface area contributed by atoms with E-state index < -0.39 is 0 Å². The summed E-state index contributed by atoms with van der Waals surface area (Å²) in [5.41, 5.74) is 0.725. The fraction of sp³-hybridized carbons (Fsp3) is 0.706. The Morgan fingerprint density at radius 3 is 2.90 bits per heavy atom. The number of hydrogen-bond acceptors (Lipinski definition) is 2. The Morgan fingerprint density at radius 1 is 1.43 bits per heavy atom. The molecule has 1 heterocycles. The molecular formula is C17H28N2O2. The molecule has 2 unspecified atom stereocenters. The largest absolute Gasteiger partial charge is 0.393 e. The summed E-state index contributed by atoms with van der Waals surface area (Å²) in [5, 5.41) is 12.9. The molecule has 0 radical (unpaired) electrons. The first-order valence-electron chi connectivity index (χ1n) is 8.22. The molecule has 1 fully saturated rings. The van der Waals surface area contributed by atoms with E-state index in [0.29, 0.717) is 12.5 Å². The molecule has 1 aromatic rings. The fourth-order valence-electron chi connectivity index (χ4n) is 3.22. The highest BCUT2D eigenvalue weighted by atomic mass is 16.3. The van der Waals surface area contributed by atoms with E-state index in [-0.39, 0.29) is 18.1 Å². The van der Waals surface area contributed by atoms with Gasteiger partial charge in [0.1, 0.15) is 5.69 Å². The van der Waals surface area contributed by atoms with E-state index in [0.717, 1.165) is 37.8 Å². The summed E-state index contributed by atoms with van der Waals surface area (Å²) in [5.74, 6) is 0.424. The number of nitrogens with zero attached hydrogens (tertiary/aromatic N) is 1. The molecule has 2 N–H and O–H groups in total. The van der Waals surface area contributed by atoms with Gasteiger partial charge in [-0.15, -0.1) is 0 Å². The second-order valence-electron chi connectivity index (χ2n) is 6.40. The Kier molecular flexibility index (Phi) is 5.85. The van der Waals surface area contributed by atoms with Crippen LogP contribution in [0.3, 0.4) is 0 Å². The van der Waals surface area contributed by atoms with Crippen LogP contribution in [0, 0.1) is 5.92 Å². The topological polar surface area (TPSA) is 54.3 Å². The van der Waals surface area contributed by atoms with Crippen molar-refractivity contribution in [2.75, 3.05) is 6.54 Å². The molecule has 0 spiro atoms. The van der Waals surface area contributed by atoms with Crippen LogP contribution in [0.25, 0.3) is 0 Å². The number of aliphatic hydroxyl groups excluding tert-OH is 1. The monoisotopic (exact) mass is 292 g/mol. The maximum Gasteiger partial charge on any atom is 0.267 e. The van der Waals surface area contributed by atoms with E-state index in [4.69, 9.17) is 0 Å². The maximum absolute atomic E-state index is 12.2. The molecule has 4 nitrogen and oxygen atoms in total. The normalized spacial score (nSPS) is 22.5. The second kappa shape index (κ2) is 7.64. The van der Waals surface area contributed by atoms with Gasteiger partial charge in [-0.25, -0.2) is 0 Å². The number of amides is 1. The van der Waals surface area contributed by atoms with Crippen molar-refractivity contribution in [1.29, 1.82) is 0 Å². The second-order valence-corrected chi connectivity index (χ2v) is 6.40. The Balaban J connectivity index is 1.73. The summed E-state index contributed by atoms with van der Waals surface area (Å²) in [6.07, 6.45) is 8.22. The third-order valence-electron chi connectivity index (χ3n) is 4.47. The fourth-order valence-corrected chi connectivity index (χ4v) is 3.22. The van der Waals surface area contributed by atoms with E-state index >= 15 is 0 Å². The van der Waals surface area contributed by atoms with Gasteiger partial charge in [0.2, 0.25) is 0 Å². The van der Waals surface area contributed by atoms with Crippen molar-refractivity contribution in [2.24, 2.45) is 5.92 Å². The molecule has 1 aliphatic rings. The summed E-state index contributed by atoms with van der Waals surface area (Å²) in [4.78, 5) is 12.2. The highest BCUT2D eigenvalue weighted by Gasteiger charge is 2.22. The SMILES string of the molecule is CC(C)n1cccc1C(=O)NCCCC1CCCCC1O. The number of nitrogens with one attached hydrogen (secondary N) is 1. The minimum atomic E-state index is -0.132. The number of carbonyl (C=O) groups is 1. The molecule has 0 saturated heterocycles. The van der Waals surface area contributed by atoms with Crippen LogP contribution in [0.5, 0.6) is 0 Å². The van der Waals surface area contributed by atoms with Crippen molar-refractivity contribution in [2.45, 2.75) is 64.5 Å². The lowest BCUT2D eigenvalue weighted by atomic mass is 9.83. The number of aliphatic hydroxyl groups is 1. The Bertz CT molecular complexity index is 453. The molecule has 2 atom stereocenters. The van der Waals surface area contributed by atoms with E-state index in [9.17, 15) is 9.90 Å². The number of aromatic nitrogens is 1. The summed E-state index contributed by atoms with van der Waals surface area (Å²) >= 11 is 0. The number of hydrogen-bond donors (Lipinski definition) is 2. The molecule has 0 aromatic carbocycles. The highest BCUT2D eigenvalue weighted by molar-refractivity contribution is 5.92. The van der Waals surface area contributed by atoms with Crippen LogP contribution < -0.4 is 5.32 Å². The molecule has 2 rings (SSSR count). The Hall–Kier alpha value is -1.29. The highest BCUT2D eigenvalue weighted by Crippen LogP contribution is 2.27. The van der Waals surface area contributed by atoms with Gasteiger partial charge in [0, 0.05) is 18.8 Å². The van der Waals surface area contributed by atoms with Gasteiger partial charge in [-0.05, 0) is 57.6 Å². The van der Waals surface area contributed by atoms with Crippen molar-refractivity contribution in [3.05, 3.63) is 24.0 Å². The molecule has 1 aromatic heterocycles. The van der Waals surface area contributed by atoms with E-state index in [1.54, 1.807) is 0 Å². The molecule has 0 aliphatic heterocycles. The Morgan fingerprint density at radius 2 is 2.19 bits per heavy atom. The van der Waals surface area contributed by atoms with Gasteiger partial charge >= 0.3 is 0 Å². The first-order valence-corrected chi connectivity index (χ1v) is 8.22. The molecule has 0 bridgehead atoms. The lowest BCUT2D eigenvalue weighted by Crippen LogP contribution is -2.29. The van der Waals surface area contributed by atoms with Gasteiger partial charge < -0.3 is 15.0 Å². The minimum absolute atomic E-state index is 0.00195. The van der Waals surface area contributed by atoms with Crippen LogP contribution in [0.1, 0.15) is 68.9 Å². The quantitative estimate of drug-likeness (QED) is 0.791. The molecule has 21 heavy (non-hydrogen) atoms. The van der Waals surface area contributed by atoms with E-state index in [1.807, 2.05) is 22.9 Å². The van der Waals surface area contributed by atoms with Crippen LogP contribution in [0.4, 0.5) is 0 Å². The summed E-state index contributed by atoms with van der Waals surface area (Å²) in [6.45, 7) is 4.83. The van der Waals surface area contributed by atoms with E-state index in [2.05, 4.69) is 19.2 Å². The molecule has 1 saturated carbocycles. The van der Waals surface area contributed by atoms with Crippen LogP contribution in [0.15, 0.2) is 18.3 Å². The summed E-state index contributed by atoms with van der Waals surface area (Å²) in [7, 11) is 0. The standard InChI is InChI=1S/C17H28N2O2/c1-13(2)19-12-6-9-15(19)17(21)18-11-5-8-14-7-3-4-10-16(14)20/h6,9,12-14,16,20H,3-5,7-8,10-11H2,1-2H3,(H,18,21). The van der Waals surface area contributed by atoms with Gasteiger partial charge in [0.25, 0.3) is 5.91 Å². The van der Waals surface area contributed by atoms with Gasteiger partial charge in [-0.3, -0.25) is 4.79 Å². The predicted octanol–water partition coefficient (Wildman–Crippen LogP) is 3.13. The Labute approximate surface area is 127 Å². The number of rotatable bonds is 6. The zero-order valence-electron chi connectivity index (χ0n) is 13.2. The van der Waals surface area contributed by atoms with E-state index in [1.165, 1.54) is 6.42 Å². The lowest BCUT2D eigenvalue weighted by molar-refractivity contribution is 0.0641. The van der Waals surface area contributed by atoms with Crippen molar-refractivity contribution < 1.29 is 9.90 Å². The smallest absolute Gasteiger partial charge is 0.267 e. The van der Waals surface area contributed by atoms with Crippen molar-refractivity contribution in [1.82, 2.24) is 9.88 Å².